The summed E-state index contributed by atoms with van der Waals surface area (Å²) in [6.45, 7) is 3.74. The van der Waals surface area contributed by atoms with Crippen molar-refractivity contribution < 1.29 is 9.90 Å². The summed E-state index contributed by atoms with van der Waals surface area (Å²) in [4.78, 5) is 16.3. The lowest BCUT2D eigenvalue weighted by atomic mass is 10.1. The number of rotatable bonds is 3. The average Bonchev–Trinajstić information content (AvgIpc) is 2.84. The maximum absolute atomic E-state index is 11.7. The SMILES string of the molecule is Cc1ncc(C(=O)NCC2CNCC2O)s1.Cl. The minimum absolute atomic E-state index is 0. The van der Waals surface area contributed by atoms with Crippen LogP contribution in [0.1, 0.15) is 14.7 Å². The Morgan fingerprint density at radius 3 is 3.00 bits per heavy atom. The molecule has 3 N–H and O–H groups in total. The molecule has 0 saturated carbocycles. The fraction of sp³-hybridized carbons (Fsp3) is 0.600. The Morgan fingerprint density at radius 1 is 1.71 bits per heavy atom. The molecule has 1 aliphatic heterocycles. The Balaban J connectivity index is 0.00000144. The third-order valence-electron chi connectivity index (χ3n) is 2.67. The number of aromatic nitrogens is 1. The normalized spacial score (nSPS) is 23.2. The predicted octanol–water partition coefficient (Wildman–Crippen LogP) is 0.183. The highest BCUT2D eigenvalue weighted by Gasteiger charge is 2.25. The van der Waals surface area contributed by atoms with E-state index in [0.29, 0.717) is 18.0 Å². The van der Waals surface area contributed by atoms with Crippen LogP contribution in [0.5, 0.6) is 0 Å². The van der Waals surface area contributed by atoms with Gasteiger partial charge >= 0.3 is 0 Å². The molecule has 0 spiro atoms. The number of carbonyl (C=O) groups is 1. The number of carbonyl (C=O) groups excluding carboxylic acids is 1. The Bertz CT molecular complexity index is 385. The smallest absolute Gasteiger partial charge is 0.263 e. The van der Waals surface area contributed by atoms with Crippen LogP contribution in [-0.4, -0.2) is 41.7 Å². The number of hydrogen-bond donors (Lipinski definition) is 3. The number of aliphatic hydroxyl groups excluding tert-OH is 1. The molecule has 1 fully saturated rings. The molecule has 1 aromatic heterocycles. The van der Waals surface area contributed by atoms with Crippen molar-refractivity contribution in [1.82, 2.24) is 15.6 Å². The number of nitrogens with zero attached hydrogens (tertiary/aromatic N) is 1. The molecule has 0 bridgehead atoms. The molecular formula is C10H16ClN3O2S. The van der Waals surface area contributed by atoms with Crippen LogP contribution in [0.15, 0.2) is 6.20 Å². The molecule has 2 rings (SSSR count). The summed E-state index contributed by atoms with van der Waals surface area (Å²) in [6.07, 6.45) is 1.22. The first-order chi connectivity index (χ1) is 7.66. The van der Waals surface area contributed by atoms with E-state index in [-0.39, 0.29) is 30.3 Å². The van der Waals surface area contributed by atoms with Crippen LogP contribution in [0.3, 0.4) is 0 Å². The van der Waals surface area contributed by atoms with E-state index in [2.05, 4.69) is 15.6 Å². The van der Waals surface area contributed by atoms with E-state index >= 15 is 0 Å². The zero-order chi connectivity index (χ0) is 11.5. The van der Waals surface area contributed by atoms with E-state index in [1.54, 1.807) is 6.20 Å². The van der Waals surface area contributed by atoms with E-state index in [9.17, 15) is 9.90 Å². The average molecular weight is 278 g/mol. The van der Waals surface area contributed by atoms with Gasteiger partial charge < -0.3 is 15.7 Å². The number of halogens is 1. The number of nitrogens with one attached hydrogen (secondary N) is 2. The van der Waals surface area contributed by atoms with Gasteiger partial charge in [0.25, 0.3) is 5.91 Å². The standard InChI is InChI=1S/C10H15N3O2S.ClH/c1-6-12-5-9(16-6)10(15)13-3-7-2-11-4-8(7)14;/h5,7-8,11,14H,2-4H2,1H3,(H,13,15);1H. The van der Waals surface area contributed by atoms with Crippen molar-refractivity contribution in [3.8, 4) is 0 Å². The Morgan fingerprint density at radius 2 is 2.47 bits per heavy atom. The molecule has 1 aliphatic rings. The Hall–Kier alpha value is -0.690. The lowest BCUT2D eigenvalue weighted by Gasteiger charge is -2.13. The molecule has 2 atom stereocenters. The molecule has 1 aromatic rings. The Labute approximate surface area is 110 Å². The van der Waals surface area contributed by atoms with Gasteiger partial charge in [0.05, 0.1) is 17.3 Å². The van der Waals surface area contributed by atoms with Gasteiger partial charge in [-0.1, -0.05) is 0 Å². The first-order valence-electron chi connectivity index (χ1n) is 5.26. The van der Waals surface area contributed by atoms with Crippen LogP contribution in [0.2, 0.25) is 0 Å². The van der Waals surface area contributed by atoms with Gasteiger partial charge in [-0.05, 0) is 6.92 Å². The number of aliphatic hydroxyl groups is 1. The van der Waals surface area contributed by atoms with Gasteiger partial charge in [0.2, 0.25) is 0 Å². The summed E-state index contributed by atoms with van der Waals surface area (Å²) in [6, 6.07) is 0. The van der Waals surface area contributed by atoms with E-state index < -0.39 is 0 Å². The van der Waals surface area contributed by atoms with Gasteiger partial charge in [-0.25, -0.2) is 4.98 Å². The van der Waals surface area contributed by atoms with Crippen molar-refractivity contribution in [3.05, 3.63) is 16.1 Å². The minimum Gasteiger partial charge on any atom is -0.391 e. The van der Waals surface area contributed by atoms with Crippen molar-refractivity contribution >= 4 is 29.7 Å². The fourth-order valence-electron chi connectivity index (χ4n) is 1.70. The van der Waals surface area contributed by atoms with Crippen molar-refractivity contribution in [2.75, 3.05) is 19.6 Å². The van der Waals surface area contributed by atoms with Crippen LogP contribution in [0.25, 0.3) is 0 Å². The maximum Gasteiger partial charge on any atom is 0.263 e. The van der Waals surface area contributed by atoms with Crippen LogP contribution >= 0.6 is 23.7 Å². The number of aryl methyl sites for hydroxylation is 1. The largest absolute Gasteiger partial charge is 0.391 e. The van der Waals surface area contributed by atoms with Gasteiger partial charge in [-0.15, -0.1) is 23.7 Å². The molecule has 1 amide bonds. The highest BCUT2D eigenvalue weighted by atomic mass is 35.5. The van der Waals surface area contributed by atoms with E-state index in [1.165, 1.54) is 11.3 Å². The second-order valence-corrected chi connectivity index (χ2v) is 5.17. The van der Waals surface area contributed by atoms with Crippen LogP contribution in [0, 0.1) is 12.8 Å². The van der Waals surface area contributed by atoms with Gasteiger partial charge in [-0.3, -0.25) is 4.79 Å². The first-order valence-corrected chi connectivity index (χ1v) is 6.08. The summed E-state index contributed by atoms with van der Waals surface area (Å²) in [7, 11) is 0. The molecule has 1 saturated heterocycles. The molecule has 2 heterocycles. The van der Waals surface area contributed by atoms with Gasteiger partial charge in [-0.2, -0.15) is 0 Å². The first kappa shape index (κ1) is 14.4. The summed E-state index contributed by atoms with van der Waals surface area (Å²) in [5.41, 5.74) is 0. The van der Waals surface area contributed by atoms with Crippen molar-refractivity contribution in [1.29, 1.82) is 0 Å². The summed E-state index contributed by atoms with van der Waals surface area (Å²) >= 11 is 1.38. The highest BCUT2D eigenvalue weighted by Crippen LogP contribution is 2.12. The molecule has 17 heavy (non-hydrogen) atoms. The molecule has 96 valence electrons. The maximum atomic E-state index is 11.7. The summed E-state index contributed by atoms with van der Waals surface area (Å²) in [5.74, 6) is 0.00247. The topological polar surface area (TPSA) is 74.2 Å². The van der Waals surface area contributed by atoms with E-state index in [4.69, 9.17) is 0 Å². The summed E-state index contributed by atoms with van der Waals surface area (Å²) < 4.78 is 0. The third-order valence-corrected chi connectivity index (χ3v) is 3.59. The van der Waals surface area contributed by atoms with Crippen LogP contribution < -0.4 is 10.6 Å². The molecule has 0 aromatic carbocycles. The zero-order valence-corrected chi connectivity index (χ0v) is 11.1. The van der Waals surface area contributed by atoms with Gasteiger partial charge in [0.15, 0.2) is 0 Å². The molecular weight excluding hydrogens is 262 g/mol. The molecule has 5 nitrogen and oxygen atoms in total. The fourth-order valence-corrected chi connectivity index (χ4v) is 2.40. The highest BCUT2D eigenvalue weighted by molar-refractivity contribution is 7.13. The Kier molecular flexibility index (Phi) is 5.32. The lowest BCUT2D eigenvalue weighted by molar-refractivity contribution is 0.0931. The third kappa shape index (κ3) is 3.64. The van der Waals surface area contributed by atoms with Crippen molar-refractivity contribution in [3.63, 3.8) is 0 Å². The minimum atomic E-state index is -0.358. The lowest BCUT2D eigenvalue weighted by Crippen LogP contribution is -2.34. The van der Waals surface area contributed by atoms with E-state index in [1.807, 2.05) is 6.92 Å². The van der Waals surface area contributed by atoms with Gasteiger partial charge in [0, 0.05) is 25.6 Å². The van der Waals surface area contributed by atoms with E-state index in [0.717, 1.165) is 11.6 Å². The van der Waals surface area contributed by atoms with Crippen molar-refractivity contribution in [2.45, 2.75) is 13.0 Å². The quantitative estimate of drug-likeness (QED) is 0.737. The summed E-state index contributed by atoms with van der Waals surface area (Å²) in [5, 5.41) is 16.3. The molecule has 0 radical (unpaired) electrons. The second kappa shape index (κ2) is 6.30. The van der Waals surface area contributed by atoms with Crippen LogP contribution in [0.4, 0.5) is 0 Å². The molecule has 7 heteroatoms. The predicted molar refractivity (Wildman–Crippen MR) is 68.8 cm³/mol. The number of thiazole rings is 1. The number of amides is 1. The van der Waals surface area contributed by atoms with Gasteiger partial charge in [0.1, 0.15) is 4.88 Å². The number of β-amino-alcohol motifs (C(OH)–C–C–N with tert-alkyl or cyclic N) is 1. The van der Waals surface area contributed by atoms with Crippen molar-refractivity contribution in [2.24, 2.45) is 5.92 Å². The van der Waals surface area contributed by atoms with Crippen LogP contribution in [-0.2, 0) is 0 Å². The molecule has 0 aliphatic carbocycles. The number of hydrogen-bond acceptors (Lipinski definition) is 5. The monoisotopic (exact) mass is 277 g/mol. The zero-order valence-electron chi connectivity index (χ0n) is 9.47. The second-order valence-electron chi connectivity index (χ2n) is 3.94. The molecule has 2 unspecified atom stereocenters.